The average Bonchev–Trinajstić information content (AvgIpc) is 2.36. The lowest BCUT2D eigenvalue weighted by Crippen LogP contribution is -2.18. The lowest BCUT2D eigenvalue weighted by atomic mass is 9.97. The fraction of sp³-hybridized carbons (Fsp3) is 0.214. The van der Waals surface area contributed by atoms with Gasteiger partial charge in [-0.1, -0.05) is 18.2 Å². The van der Waals surface area contributed by atoms with E-state index in [-0.39, 0.29) is 22.9 Å². The molecule has 0 aliphatic rings. The van der Waals surface area contributed by atoms with Crippen molar-refractivity contribution in [1.29, 1.82) is 0 Å². The molecule has 0 atom stereocenters. The Kier molecular flexibility index (Phi) is 3.67. The van der Waals surface area contributed by atoms with Crippen LogP contribution < -0.4 is 16.2 Å². The number of rotatable bonds is 2. The van der Waals surface area contributed by atoms with Crippen molar-refractivity contribution in [1.82, 2.24) is 4.98 Å². The zero-order chi connectivity index (χ0) is 15.8. The molecule has 2 aromatic rings. The van der Waals surface area contributed by atoms with Gasteiger partial charge in [0.05, 0.1) is 0 Å². The van der Waals surface area contributed by atoms with E-state index in [4.69, 9.17) is 11.5 Å². The summed E-state index contributed by atoms with van der Waals surface area (Å²) in [5, 5.41) is 0. The second-order valence-corrected chi connectivity index (χ2v) is 4.55. The number of hydrogen-bond acceptors (Lipinski definition) is 4. The number of nitrogen functional groups attached to an aromatic ring is 2. The third kappa shape index (κ3) is 3.01. The highest BCUT2D eigenvalue weighted by Crippen LogP contribution is 2.39. The largest absolute Gasteiger partial charge is 0.573 e. The van der Waals surface area contributed by atoms with Gasteiger partial charge in [0, 0.05) is 11.1 Å². The van der Waals surface area contributed by atoms with E-state index in [1.54, 1.807) is 19.9 Å². The van der Waals surface area contributed by atoms with Crippen LogP contribution in [0.1, 0.15) is 11.1 Å². The number of pyridine rings is 1. The lowest BCUT2D eigenvalue weighted by Gasteiger charge is -2.17. The molecule has 4 nitrogen and oxygen atoms in total. The van der Waals surface area contributed by atoms with Gasteiger partial charge in [-0.15, -0.1) is 13.2 Å². The van der Waals surface area contributed by atoms with Crippen molar-refractivity contribution in [3.63, 3.8) is 0 Å². The number of aromatic nitrogens is 1. The van der Waals surface area contributed by atoms with Crippen LogP contribution in [0, 0.1) is 13.8 Å². The first kappa shape index (κ1) is 15.0. The van der Waals surface area contributed by atoms with Gasteiger partial charge in [0.15, 0.2) is 0 Å². The second-order valence-electron chi connectivity index (χ2n) is 4.55. The molecule has 112 valence electrons. The quantitative estimate of drug-likeness (QED) is 0.890. The Morgan fingerprint density at radius 2 is 1.62 bits per heavy atom. The van der Waals surface area contributed by atoms with Crippen LogP contribution in [0.25, 0.3) is 11.1 Å². The highest BCUT2D eigenvalue weighted by atomic mass is 19.4. The van der Waals surface area contributed by atoms with Crippen molar-refractivity contribution in [3.8, 4) is 16.9 Å². The first-order valence-electron chi connectivity index (χ1n) is 6.08. The summed E-state index contributed by atoms with van der Waals surface area (Å²) in [6.45, 7) is 3.46. The molecule has 0 unspecified atom stereocenters. The van der Waals surface area contributed by atoms with Crippen molar-refractivity contribution in [2.75, 3.05) is 11.5 Å². The fourth-order valence-corrected chi connectivity index (χ4v) is 2.07. The summed E-state index contributed by atoms with van der Waals surface area (Å²) in [5.74, 6) is -0.0115. The Labute approximate surface area is 119 Å². The number of para-hydroxylation sites is 1. The second kappa shape index (κ2) is 5.16. The van der Waals surface area contributed by atoms with E-state index in [0.717, 1.165) is 0 Å². The van der Waals surface area contributed by atoms with Crippen LogP contribution in [-0.4, -0.2) is 11.3 Å². The molecule has 7 heteroatoms. The van der Waals surface area contributed by atoms with E-state index in [2.05, 4.69) is 9.72 Å². The minimum absolute atomic E-state index is 0.0637. The minimum Gasteiger partial charge on any atom is -0.405 e. The minimum atomic E-state index is -4.78. The topological polar surface area (TPSA) is 74.2 Å². The van der Waals surface area contributed by atoms with Gasteiger partial charge in [0.1, 0.15) is 17.4 Å². The van der Waals surface area contributed by atoms with Crippen molar-refractivity contribution in [3.05, 3.63) is 35.4 Å². The van der Waals surface area contributed by atoms with E-state index < -0.39 is 6.36 Å². The normalized spacial score (nSPS) is 11.5. The van der Waals surface area contributed by atoms with Crippen LogP contribution >= 0.6 is 0 Å². The van der Waals surface area contributed by atoms with E-state index in [1.807, 2.05) is 0 Å². The number of nitrogens with zero attached hydrogens (tertiary/aromatic N) is 1. The number of nitrogens with two attached hydrogens (primary N) is 2. The smallest absolute Gasteiger partial charge is 0.405 e. The molecule has 1 heterocycles. The molecular weight excluding hydrogens is 283 g/mol. The van der Waals surface area contributed by atoms with Crippen molar-refractivity contribution < 1.29 is 17.9 Å². The highest BCUT2D eigenvalue weighted by molar-refractivity contribution is 5.83. The highest BCUT2D eigenvalue weighted by Gasteiger charge is 2.32. The fourth-order valence-electron chi connectivity index (χ4n) is 2.07. The summed E-state index contributed by atoms with van der Waals surface area (Å²) >= 11 is 0. The molecule has 0 bridgehead atoms. The number of halogens is 3. The molecule has 0 fully saturated rings. The van der Waals surface area contributed by atoms with Gasteiger partial charge in [-0.05, 0) is 31.0 Å². The van der Waals surface area contributed by atoms with E-state index >= 15 is 0 Å². The molecule has 0 amide bonds. The van der Waals surface area contributed by atoms with Crippen molar-refractivity contribution in [2.24, 2.45) is 0 Å². The summed E-state index contributed by atoms with van der Waals surface area (Å²) in [6.07, 6.45) is -4.78. The first-order valence-corrected chi connectivity index (χ1v) is 6.08. The van der Waals surface area contributed by atoms with E-state index in [1.165, 1.54) is 18.2 Å². The average molecular weight is 297 g/mol. The number of alkyl halides is 3. The van der Waals surface area contributed by atoms with Crippen molar-refractivity contribution >= 4 is 11.6 Å². The molecule has 0 radical (unpaired) electrons. The summed E-state index contributed by atoms with van der Waals surface area (Å²) in [4.78, 5) is 3.97. The molecule has 0 aliphatic carbocycles. The van der Waals surface area contributed by atoms with Crippen LogP contribution in [-0.2, 0) is 0 Å². The van der Waals surface area contributed by atoms with Crippen LogP contribution in [0.3, 0.4) is 0 Å². The van der Waals surface area contributed by atoms with Crippen LogP contribution in [0.5, 0.6) is 5.75 Å². The Bertz CT molecular complexity index is 684. The standard InChI is InChI=1S/C14H14F3N3O/c1-7-8(2)12(18)20-13(19)11(7)9-5-3-4-6-10(9)21-14(15,16)17/h3-6H,1-2H3,(H4,18,19,20). The van der Waals surface area contributed by atoms with E-state index in [0.29, 0.717) is 16.7 Å². The Morgan fingerprint density at radius 1 is 1.00 bits per heavy atom. The molecule has 1 aromatic heterocycles. The maximum atomic E-state index is 12.5. The third-order valence-corrected chi connectivity index (χ3v) is 3.20. The Hall–Kier alpha value is -2.44. The number of ether oxygens (including phenoxy) is 1. The Balaban J connectivity index is 2.66. The number of benzene rings is 1. The van der Waals surface area contributed by atoms with Gasteiger partial charge < -0.3 is 16.2 Å². The molecular formula is C14H14F3N3O. The summed E-state index contributed by atoms with van der Waals surface area (Å²) < 4.78 is 41.5. The molecule has 4 N–H and O–H groups in total. The predicted octanol–water partition coefficient (Wildman–Crippen LogP) is 3.43. The van der Waals surface area contributed by atoms with E-state index in [9.17, 15) is 13.2 Å². The molecule has 21 heavy (non-hydrogen) atoms. The van der Waals surface area contributed by atoms with Crippen LogP contribution in [0.15, 0.2) is 24.3 Å². The number of hydrogen-bond donors (Lipinski definition) is 2. The van der Waals surface area contributed by atoms with Gasteiger partial charge in [0.2, 0.25) is 0 Å². The molecule has 2 rings (SSSR count). The number of anilines is 2. The molecule has 1 aromatic carbocycles. The van der Waals surface area contributed by atoms with Gasteiger partial charge in [0.25, 0.3) is 0 Å². The maximum Gasteiger partial charge on any atom is 0.573 e. The third-order valence-electron chi connectivity index (χ3n) is 3.20. The molecule has 0 saturated heterocycles. The molecule has 0 aliphatic heterocycles. The van der Waals surface area contributed by atoms with Gasteiger partial charge in [-0.3, -0.25) is 0 Å². The van der Waals surface area contributed by atoms with Gasteiger partial charge >= 0.3 is 6.36 Å². The van der Waals surface area contributed by atoms with Gasteiger partial charge in [-0.25, -0.2) is 4.98 Å². The van der Waals surface area contributed by atoms with Crippen LogP contribution in [0.2, 0.25) is 0 Å². The summed E-state index contributed by atoms with van der Waals surface area (Å²) in [5.41, 5.74) is 13.5. The predicted molar refractivity (Wildman–Crippen MR) is 74.7 cm³/mol. The van der Waals surface area contributed by atoms with Crippen molar-refractivity contribution in [2.45, 2.75) is 20.2 Å². The lowest BCUT2D eigenvalue weighted by molar-refractivity contribution is -0.274. The van der Waals surface area contributed by atoms with Gasteiger partial charge in [-0.2, -0.15) is 0 Å². The molecule has 0 saturated carbocycles. The first-order chi connectivity index (χ1) is 9.70. The summed E-state index contributed by atoms with van der Waals surface area (Å²) in [7, 11) is 0. The van der Waals surface area contributed by atoms with Crippen LogP contribution in [0.4, 0.5) is 24.8 Å². The zero-order valence-corrected chi connectivity index (χ0v) is 11.5. The monoisotopic (exact) mass is 297 g/mol. The Morgan fingerprint density at radius 3 is 2.24 bits per heavy atom. The molecule has 0 spiro atoms. The zero-order valence-electron chi connectivity index (χ0n) is 11.5. The maximum absolute atomic E-state index is 12.5. The SMILES string of the molecule is Cc1c(N)nc(N)c(-c2ccccc2OC(F)(F)F)c1C. The summed E-state index contributed by atoms with van der Waals surface area (Å²) in [6, 6.07) is 5.78.